The van der Waals surface area contributed by atoms with Gasteiger partial charge >= 0.3 is 0 Å². The third-order valence-corrected chi connectivity index (χ3v) is 4.67. The lowest BCUT2D eigenvalue weighted by molar-refractivity contribution is 0.118. The number of hydrogen-bond acceptors (Lipinski definition) is 9. The van der Waals surface area contributed by atoms with Crippen molar-refractivity contribution in [2.45, 2.75) is 6.43 Å². The molecule has 0 aromatic carbocycles. The molecule has 2 fully saturated rings. The molecular formula is C17H21F2N7O2. The van der Waals surface area contributed by atoms with Crippen molar-refractivity contribution in [1.29, 1.82) is 0 Å². The van der Waals surface area contributed by atoms with Crippen molar-refractivity contribution in [3.8, 4) is 11.4 Å². The Hall–Kier alpha value is -2.66. The molecule has 0 bridgehead atoms. The van der Waals surface area contributed by atoms with Gasteiger partial charge in [-0.1, -0.05) is 0 Å². The van der Waals surface area contributed by atoms with Crippen LogP contribution in [0.15, 0.2) is 12.4 Å². The van der Waals surface area contributed by atoms with Gasteiger partial charge in [-0.3, -0.25) is 0 Å². The Balaban J connectivity index is 1.85. The predicted molar refractivity (Wildman–Crippen MR) is 98.5 cm³/mol. The third-order valence-electron chi connectivity index (χ3n) is 4.67. The molecule has 2 N–H and O–H groups in total. The van der Waals surface area contributed by atoms with Crippen LogP contribution in [0.1, 0.15) is 12.0 Å². The fraction of sp³-hybridized carbons (Fsp3) is 0.529. The molecule has 0 aliphatic carbocycles. The molecule has 4 heterocycles. The summed E-state index contributed by atoms with van der Waals surface area (Å²) in [7, 11) is 0. The Kier molecular flexibility index (Phi) is 5.44. The maximum atomic E-state index is 14.1. The van der Waals surface area contributed by atoms with Gasteiger partial charge < -0.3 is 25.0 Å². The Morgan fingerprint density at radius 1 is 0.857 bits per heavy atom. The zero-order valence-corrected chi connectivity index (χ0v) is 15.2. The van der Waals surface area contributed by atoms with Gasteiger partial charge in [0.1, 0.15) is 17.2 Å². The number of alkyl halides is 2. The summed E-state index contributed by atoms with van der Waals surface area (Å²) >= 11 is 0. The van der Waals surface area contributed by atoms with Crippen LogP contribution in [0.25, 0.3) is 11.4 Å². The molecule has 4 rings (SSSR count). The average Bonchev–Trinajstić information content (AvgIpc) is 2.74. The monoisotopic (exact) mass is 393 g/mol. The van der Waals surface area contributed by atoms with Crippen molar-refractivity contribution >= 4 is 17.6 Å². The molecule has 150 valence electrons. The van der Waals surface area contributed by atoms with Gasteiger partial charge in [0, 0.05) is 38.6 Å². The van der Waals surface area contributed by atoms with Crippen LogP contribution < -0.4 is 15.5 Å². The highest BCUT2D eigenvalue weighted by atomic mass is 19.3. The van der Waals surface area contributed by atoms with Gasteiger partial charge in [0.25, 0.3) is 6.43 Å². The second-order valence-corrected chi connectivity index (χ2v) is 6.44. The third kappa shape index (κ3) is 3.80. The molecule has 2 aliphatic heterocycles. The van der Waals surface area contributed by atoms with Gasteiger partial charge in [-0.2, -0.15) is 0 Å². The molecule has 2 saturated heterocycles. The summed E-state index contributed by atoms with van der Waals surface area (Å²) in [4.78, 5) is 20.5. The van der Waals surface area contributed by atoms with Crippen LogP contribution in [-0.2, 0) is 9.47 Å². The first kappa shape index (κ1) is 18.7. The van der Waals surface area contributed by atoms with E-state index < -0.39 is 6.43 Å². The van der Waals surface area contributed by atoms with Gasteiger partial charge in [0.15, 0.2) is 5.82 Å². The molecule has 2 aliphatic rings. The number of rotatable bonds is 4. The molecule has 28 heavy (non-hydrogen) atoms. The maximum Gasteiger partial charge on any atom is 0.270 e. The molecule has 0 unspecified atom stereocenters. The second kappa shape index (κ2) is 8.15. The van der Waals surface area contributed by atoms with Crippen LogP contribution in [0.2, 0.25) is 0 Å². The molecule has 0 spiro atoms. The largest absolute Gasteiger partial charge is 0.378 e. The van der Waals surface area contributed by atoms with E-state index in [9.17, 15) is 8.78 Å². The first-order valence-electron chi connectivity index (χ1n) is 9.07. The van der Waals surface area contributed by atoms with E-state index >= 15 is 0 Å². The Morgan fingerprint density at radius 3 is 1.75 bits per heavy atom. The number of nitrogen functional groups attached to an aromatic ring is 1. The van der Waals surface area contributed by atoms with Gasteiger partial charge in [0.2, 0.25) is 5.95 Å². The van der Waals surface area contributed by atoms with Gasteiger partial charge in [-0.05, 0) is 0 Å². The first-order valence-corrected chi connectivity index (χ1v) is 9.07. The average molecular weight is 393 g/mol. The number of hydrogen-bond donors (Lipinski definition) is 1. The van der Waals surface area contributed by atoms with E-state index in [2.05, 4.69) is 19.9 Å². The lowest BCUT2D eigenvalue weighted by atomic mass is 10.2. The van der Waals surface area contributed by atoms with E-state index in [4.69, 9.17) is 15.2 Å². The number of aromatic nitrogens is 4. The molecule has 0 radical (unpaired) electrons. The Labute approximate surface area is 160 Å². The van der Waals surface area contributed by atoms with Gasteiger partial charge in [0.05, 0.1) is 32.0 Å². The highest BCUT2D eigenvalue weighted by Crippen LogP contribution is 2.37. The summed E-state index contributed by atoms with van der Waals surface area (Å²) in [6.45, 7) is 3.77. The molecular weight excluding hydrogens is 372 g/mol. The maximum absolute atomic E-state index is 14.1. The fourth-order valence-corrected chi connectivity index (χ4v) is 3.26. The Bertz CT molecular complexity index is 771. The fourth-order valence-electron chi connectivity index (χ4n) is 3.26. The van der Waals surface area contributed by atoms with E-state index in [-0.39, 0.29) is 29.0 Å². The van der Waals surface area contributed by atoms with Crippen LogP contribution in [0.4, 0.5) is 26.4 Å². The lowest BCUT2D eigenvalue weighted by Crippen LogP contribution is -2.40. The molecule has 2 aromatic rings. The second-order valence-electron chi connectivity index (χ2n) is 6.44. The summed E-state index contributed by atoms with van der Waals surface area (Å²) in [5.41, 5.74) is 5.91. The topological polar surface area (TPSA) is 103 Å². The number of halogens is 2. The van der Waals surface area contributed by atoms with Crippen molar-refractivity contribution in [3.63, 3.8) is 0 Å². The highest BCUT2D eigenvalue weighted by Gasteiger charge is 2.30. The summed E-state index contributed by atoms with van der Waals surface area (Å²) in [6, 6.07) is 0. The van der Waals surface area contributed by atoms with Crippen molar-refractivity contribution in [2.24, 2.45) is 0 Å². The molecule has 0 atom stereocenters. The quantitative estimate of drug-likeness (QED) is 0.819. The predicted octanol–water partition coefficient (Wildman–Crippen LogP) is 1.13. The van der Waals surface area contributed by atoms with E-state index in [1.165, 1.54) is 12.4 Å². The zero-order valence-electron chi connectivity index (χ0n) is 15.2. The molecule has 2 aromatic heterocycles. The van der Waals surface area contributed by atoms with Crippen LogP contribution in [0.3, 0.4) is 0 Å². The normalized spacial score (nSPS) is 18.0. The number of morpholine rings is 2. The van der Waals surface area contributed by atoms with E-state index in [0.717, 1.165) is 0 Å². The first-order chi connectivity index (χ1) is 13.6. The summed E-state index contributed by atoms with van der Waals surface area (Å²) in [5, 5.41) is 0. The number of nitrogens with two attached hydrogens (primary N) is 1. The number of anilines is 3. The molecule has 0 amide bonds. The minimum atomic E-state index is -2.72. The standard InChI is InChI=1S/C17H21F2N7O2/c18-13(19)12-15(25-1-5-27-6-2-25)23-14(11-9-21-17(20)22-10-11)24-16(12)26-3-7-28-8-4-26/h9-10,13H,1-8H2,(H2,20,21,22). The SMILES string of the molecule is Nc1ncc(-c2nc(N3CCOCC3)c(C(F)F)c(N3CCOCC3)n2)cn1. The van der Waals surface area contributed by atoms with E-state index in [0.29, 0.717) is 58.2 Å². The number of ether oxygens (including phenoxy) is 2. The Morgan fingerprint density at radius 2 is 1.32 bits per heavy atom. The van der Waals surface area contributed by atoms with Crippen LogP contribution in [-0.4, -0.2) is 72.5 Å². The molecule has 0 saturated carbocycles. The smallest absolute Gasteiger partial charge is 0.270 e. The van der Waals surface area contributed by atoms with Crippen LogP contribution in [0.5, 0.6) is 0 Å². The zero-order chi connectivity index (χ0) is 19.5. The van der Waals surface area contributed by atoms with Gasteiger partial charge in [-0.15, -0.1) is 0 Å². The van der Waals surface area contributed by atoms with Crippen LogP contribution >= 0.6 is 0 Å². The summed E-state index contributed by atoms with van der Waals surface area (Å²) < 4.78 is 39.0. The minimum absolute atomic E-state index is 0.120. The van der Waals surface area contributed by atoms with Crippen LogP contribution in [0, 0.1) is 0 Å². The molecule has 11 heteroatoms. The van der Waals surface area contributed by atoms with Crippen molar-refractivity contribution in [1.82, 2.24) is 19.9 Å². The van der Waals surface area contributed by atoms with Crippen molar-refractivity contribution < 1.29 is 18.3 Å². The highest BCUT2D eigenvalue weighted by molar-refractivity contribution is 5.67. The van der Waals surface area contributed by atoms with Crippen molar-refractivity contribution in [2.75, 3.05) is 68.1 Å². The van der Waals surface area contributed by atoms with E-state index in [1.807, 2.05) is 9.80 Å². The molecule has 9 nitrogen and oxygen atoms in total. The number of nitrogens with zero attached hydrogens (tertiary/aromatic N) is 6. The van der Waals surface area contributed by atoms with E-state index in [1.54, 1.807) is 0 Å². The lowest BCUT2D eigenvalue weighted by Gasteiger charge is -2.33. The van der Waals surface area contributed by atoms with Gasteiger partial charge in [-0.25, -0.2) is 28.7 Å². The van der Waals surface area contributed by atoms with Crippen molar-refractivity contribution in [3.05, 3.63) is 18.0 Å². The minimum Gasteiger partial charge on any atom is -0.378 e. The summed E-state index contributed by atoms with van der Waals surface area (Å²) in [6.07, 6.45) is 0.269. The summed E-state index contributed by atoms with van der Waals surface area (Å²) in [5.74, 6) is 0.852.